The molecule has 1 aromatic heterocycles. The van der Waals surface area contributed by atoms with Crippen LogP contribution in [0.1, 0.15) is 16.8 Å². The Balaban J connectivity index is 1.70. The van der Waals surface area contributed by atoms with E-state index in [2.05, 4.69) is 21.9 Å². The summed E-state index contributed by atoms with van der Waals surface area (Å²) in [5.41, 5.74) is 8.99. The van der Waals surface area contributed by atoms with E-state index in [1.54, 1.807) is 23.4 Å². The monoisotopic (exact) mass is 402 g/mol. The lowest BCUT2D eigenvalue weighted by atomic mass is 10.0. The first kappa shape index (κ1) is 19.2. The lowest BCUT2D eigenvalue weighted by molar-refractivity contribution is 0.356. The summed E-state index contributed by atoms with van der Waals surface area (Å²) in [4.78, 5) is 10.4. The standard InChI is InChI=1S/C22H19FN6O/c1-14-17(20-4-2-3-8-26-20)11-27-22(29(14)13-15(25)10-24)28-12-18-16-7-9-30-21(16)6-5-19(18)23/h2-6,8,11,13H,1,7,9,12,25H2,(H,27,28)/b15-13-. The van der Waals surface area contributed by atoms with Crippen molar-refractivity contribution < 1.29 is 9.13 Å². The SMILES string of the molecule is C=C1C(c2ccccn2)=CNC(=NCc2c(F)ccc3c2CCO3)N1/C=C(\N)C#N. The number of aromatic nitrogens is 1. The highest BCUT2D eigenvalue weighted by Crippen LogP contribution is 2.31. The van der Waals surface area contributed by atoms with Crippen LogP contribution in [-0.4, -0.2) is 22.5 Å². The second kappa shape index (κ2) is 8.09. The van der Waals surface area contributed by atoms with Crippen LogP contribution in [0.4, 0.5) is 4.39 Å². The molecule has 2 aliphatic rings. The number of nitrogens with two attached hydrogens (primary N) is 1. The van der Waals surface area contributed by atoms with Crippen molar-refractivity contribution in [3.8, 4) is 11.8 Å². The second-order valence-electron chi connectivity index (χ2n) is 6.67. The van der Waals surface area contributed by atoms with Gasteiger partial charge in [-0.25, -0.2) is 9.38 Å². The zero-order valence-electron chi connectivity index (χ0n) is 16.1. The van der Waals surface area contributed by atoms with Crippen molar-refractivity contribution in [2.24, 2.45) is 10.7 Å². The van der Waals surface area contributed by atoms with Gasteiger partial charge in [-0.05, 0) is 24.3 Å². The van der Waals surface area contributed by atoms with Gasteiger partial charge >= 0.3 is 0 Å². The highest BCUT2D eigenvalue weighted by molar-refractivity contribution is 5.94. The van der Waals surface area contributed by atoms with Gasteiger partial charge < -0.3 is 15.8 Å². The fourth-order valence-electron chi connectivity index (χ4n) is 3.36. The fourth-order valence-corrected chi connectivity index (χ4v) is 3.36. The first-order valence-electron chi connectivity index (χ1n) is 9.30. The van der Waals surface area contributed by atoms with E-state index < -0.39 is 0 Å². The Bertz CT molecular complexity index is 1130. The molecule has 0 aliphatic carbocycles. The first-order valence-corrected chi connectivity index (χ1v) is 9.30. The van der Waals surface area contributed by atoms with Gasteiger partial charge in [0.2, 0.25) is 5.96 Å². The van der Waals surface area contributed by atoms with Gasteiger partial charge in [0.25, 0.3) is 0 Å². The smallest absolute Gasteiger partial charge is 0.207 e. The number of pyridine rings is 1. The molecular formula is C22H19FN6O. The molecule has 1 aromatic carbocycles. The molecule has 0 fully saturated rings. The van der Waals surface area contributed by atoms with Gasteiger partial charge in [-0.1, -0.05) is 12.6 Å². The summed E-state index contributed by atoms with van der Waals surface area (Å²) < 4.78 is 20.0. The molecule has 0 saturated carbocycles. The quantitative estimate of drug-likeness (QED) is 0.763. The van der Waals surface area contributed by atoms with Crippen LogP contribution in [0, 0.1) is 17.1 Å². The maximum absolute atomic E-state index is 14.4. The van der Waals surface area contributed by atoms with Crippen molar-refractivity contribution in [2.45, 2.75) is 13.0 Å². The van der Waals surface area contributed by atoms with Crippen LogP contribution in [0.2, 0.25) is 0 Å². The number of ether oxygens (including phenoxy) is 1. The molecule has 3 N–H and O–H groups in total. The number of rotatable bonds is 4. The molecule has 0 amide bonds. The third-order valence-electron chi connectivity index (χ3n) is 4.84. The lowest BCUT2D eigenvalue weighted by Crippen LogP contribution is -2.39. The van der Waals surface area contributed by atoms with Crippen molar-refractivity contribution >= 4 is 11.5 Å². The molecule has 8 heteroatoms. The Hall–Kier alpha value is -4.12. The number of aliphatic imine (C=N–C) groups is 1. The first-order chi connectivity index (χ1) is 14.6. The highest BCUT2D eigenvalue weighted by Gasteiger charge is 2.24. The molecule has 7 nitrogen and oxygen atoms in total. The predicted molar refractivity (Wildman–Crippen MR) is 111 cm³/mol. The normalized spacial score (nSPS) is 17.1. The van der Waals surface area contributed by atoms with Crippen LogP contribution in [0.15, 0.2) is 71.9 Å². The Morgan fingerprint density at radius 3 is 3.07 bits per heavy atom. The average Bonchev–Trinajstić information content (AvgIpc) is 3.24. The third kappa shape index (κ3) is 3.61. The summed E-state index contributed by atoms with van der Waals surface area (Å²) in [5.74, 6) is 0.728. The number of allylic oxidation sites excluding steroid dienone is 2. The van der Waals surface area contributed by atoms with Gasteiger partial charge in [-0.15, -0.1) is 0 Å². The van der Waals surface area contributed by atoms with E-state index in [9.17, 15) is 4.39 Å². The Kier molecular flexibility index (Phi) is 5.18. The van der Waals surface area contributed by atoms with Crippen molar-refractivity contribution in [2.75, 3.05) is 6.61 Å². The Morgan fingerprint density at radius 1 is 1.43 bits per heavy atom. The van der Waals surface area contributed by atoms with Crippen LogP contribution in [-0.2, 0) is 13.0 Å². The van der Waals surface area contributed by atoms with Crippen LogP contribution in [0.25, 0.3) is 5.57 Å². The van der Waals surface area contributed by atoms with Crippen LogP contribution in [0.5, 0.6) is 5.75 Å². The maximum atomic E-state index is 14.4. The summed E-state index contributed by atoms with van der Waals surface area (Å²) in [6.07, 6.45) is 5.48. The van der Waals surface area contributed by atoms with E-state index in [-0.39, 0.29) is 18.1 Å². The van der Waals surface area contributed by atoms with Gasteiger partial charge in [-0.2, -0.15) is 5.26 Å². The van der Waals surface area contributed by atoms with E-state index in [1.807, 2.05) is 24.3 Å². The molecule has 2 aliphatic heterocycles. The molecule has 30 heavy (non-hydrogen) atoms. The summed E-state index contributed by atoms with van der Waals surface area (Å²) in [7, 11) is 0. The van der Waals surface area contributed by atoms with E-state index in [0.29, 0.717) is 41.7 Å². The predicted octanol–water partition coefficient (Wildman–Crippen LogP) is 2.80. The van der Waals surface area contributed by atoms with E-state index in [0.717, 1.165) is 11.1 Å². The lowest BCUT2D eigenvalue weighted by Gasteiger charge is -2.30. The third-order valence-corrected chi connectivity index (χ3v) is 4.84. The number of fused-ring (bicyclic) bond motifs is 1. The summed E-state index contributed by atoms with van der Waals surface area (Å²) in [6.45, 7) is 4.74. The van der Waals surface area contributed by atoms with Gasteiger partial charge in [0, 0.05) is 41.7 Å². The van der Waals surface area contributed by atoms with Crippen molar-refractivity contribution in [3.63, 3.8) is 0 Å². The Labute approximate surface area is 173 Å². The van der Waals surface area contributed by atoms with E-state index in [1.165, 1.54) is 12.3 Å². The molecule has 150 valence electrons. The number of benzene rings is 1. The van der Waals surface area contributed by atoms with Crippen molar-refractivity contribution in [1.82, 2.24) is 15.2 Å². The van der Waals surface area contributed by atoms with Crippen LogP contribution in [0.3, 0.4) is 0 Å². The number of nitrogens with zero attached hydrogens (tertiary/aromatic N) is 4. The molecule has 0 spiro atoms. The summed E-state index contributed by atoms with van der Waals surface area (Å²) >= 11 is 0. The molecular weight excluding hydrogens is 383 g/mol. The van der Waals surface area contributed by atoms with E-state index in [4.69, 9.17) is 15.7 Å². The highest BCUT2D eigenvalue weighted by atomic mass is 19.1. The Morgan fingerprint density at radius 2 is 2.30 bits per heavy atom. The molecule has 0 bridgehead atoms. The summed E-state index contributed by atoms with van der Waals surface area (Å²) in [6, 6.07) is 10.4. The van der Waals surface area contributed by atoms with Crippen LogP contribution < -0.4 is 15.8 Å². The number of halogens is 1. The average molecular weight is 402 g/mol. The summed E-state index contributed by atoms with van der Waals surface area (Å²) in [5, 5.41) is 12.2. The second-order valence-corrected chi connectivity index (χ2v) is 6.67. The molecule has 2 aromatic rings. The maximum Gasteiger partial charge on any atom is 0.207 e. The van der Waals surface area contributed by atoms with Crippen LogP contribution >= 0.6 is 0 Å². The minimum absolute atomic E-state index is 0.0203. The van der Waals surface area contributed by atoms with Gasteiger partial charge in [0.1, 0.15) is 23.3 Å². The zero-order chi connectivity index (χ0) is 21.1. The molecule has 0 unspecified atom stereocenters. The molecule has 0 radical (unpaired) electrons. The van der Waals surface area contributed by atoms with Crippen molar-refractivity contribution in [3.05, 3.63) is 89.5 Å². The molecule has 0 atom stereocenters. The minimum atomic E-state index is -0.332. The molecule has 0 saturated heterocycles. The van der Waals surface area contributed by atoms with E-state index >= 15 is 0 Å². The number of guanidine groups is 1. The number of hydrogen-bond donors (Lipinski definition) is 2. The zero-order valence-corrected chi connectivity index (χ0v) is 16.1. The van der Waals surface area contributed by atoms with Gasteiger partial charge in [0.05, 0.1) is 24.5 Å². The number of nitriles is 1. The largest absolute Gasteiger partial charge is 0.493 e. The van der Waals surface area contributed by atoms with Gasteiger partial charge in [0.15, 0.2) is 0 Å². The molecule has 4 rings (SSSR count). The topological polar surface area (TPSA) is 99.6 Å². The molecule has 3 heterocycles. The fraction of sp³-hybridized carbons (Fsp3) is 0.136. The number of nitrogens with one attached hydrogen (secondary N) is 1. The number of hydrogen-bond acceptors (Lipinski definition) is 5. The van der Waals surface area contributed by atoms with Gasteiger partial charge in [-0.3, -0.25) is 9.88 Å². The van der Waals surface area contributed by atoms with Crippen molar-refractivity contribution in [1.29, 1.82) is 5.26 Å². The minimum Gasteiger partial charge on any atom is -0.493 e.